The summed E-state index contributed by atoms with van der Waals surface area (Å²) in [5, 5.41) is 3.49. The minimum Gasteiger partial charge on any atom is -0.376 e. The molecule has 0 bridgehead atoms. The van der Waals surface area contributed by atoms with Crippen LogP contribution in [0.3, 0.4) is 0 Å². The number of likely N-dealkylation sites (tertiary alicyclic amines) is 1. The molecule has 0 aromatic rings. The zero-order valence-electron chi connectivity index (χ0n) is 17.5. The van der Waals surface area contributed by atoms with Gasteiger partial charge in [-0.05, 0) is 57.8 Å². The lowest BCUT2D eigenvalue weighted by Crippen LogP contribution is -2.47. The molecule has 156 valence electrons. The van der Waals surface area contributed by atoms with E-state index >= 15 is 0 Å². The van der Waals surface area contributed by atoms with Gasteiger partial charge in [-0.3, -0.25) is 4.99 Å². The first-order valence-corrected chi connectivity index (χ1v) is 11.6. The predicted octanol–water partition coefficient (Wildman–Crippen LogP) is 3.97. The van der Waals surface area contributed by atoms with Crippen molar-refractivity contribution in [1.82, 2.24) is 10.2 Å². The Morgan fingerprint density at radius 2 is 1.85 bits per heavy atom. The van der Waals surface area contributed by atoms with E-state index in [0.717, 1.165) is 70.5 Å². The molecular weight excluding hydrogens is 338 g/mol. The van der Waals surface area contributed by atoms with Crippen LogP contribution in [-0.2, 0) is 9.47 Å². The molecule has 0 amide bonds. The van der Waals surface area contributed by atoms with E-state index < -0.39 is 0 Å². The van der Waals surface area contributed by atoms with E-state index in [2.05, 4.69) is 17.1 Å². The molecule has 3 rings (SSSR count). The summed E-state index contributed by atoms with van der Waals surface area (Å²) in [5.41, 5.74) is 0. The van der Waals surface area contributed by atoms with Gasteiger partial charge in [0.15, 0.2) is 5.96 Å². The van der Waals surface area contributed by atoms with Crippen molar-refractivity contribution in [3.8, 4) is 0 Å². The van der Waals surface area contributed by atoms with Gasteiger partial charge < -0.3 is 19.7 Å². The maximum Gasteiger partial charge on any atom is 0.193 e. The van der Waals surface area contributed by atoms with E-state index in [1.54, 1.807) is 0 Å². The Balaban J connectivity index is 1.34. The number of ether oxygens (including phenoxy) is 2. The quantitative estimate of drug-likeness (QED) is 0.394. The number of guanidine groups is 1. The maximum atomic E-state index is 6.15. The molecule has 1 unspecified atom stereocenters. The summed E-state index contributed by atoms with van der Waals surface area (Å²) in [5.74, 6) is 2.09. The van der Waals surface area contributed by atoms with Crippen LogP contribution in [0, 0.1) is 5.92 Å². The number of nitrogens with one attached hydrogen (secondary N) is 1. The third-order valence-corrected chi connectivity index (χ3v) is 6.38. The first kappa shape index (κ1) is 20.9. The zero-order valence-corrected chi connectivity index (χ0v) is 17.5. The fourth-order valence-electron chi connectivity index (χ4n) is 4.71. The minimum absolute atomic E-state index is 0.329. The molecule has 2 saturated heterocycles. The second-order valence-electron chi connectivity index (χ2n) is 8.54. The lowest BCUT2D eigenvalue weighted by Gasteiger charge is -2.35. The first-order chi connectivity index (χ1) is 13.3. The summed E-state index contributed by atoms with van der Waals surface area (Å²) in [7, 11) is 0. The summed E-state index contributed by atoms with van der Waals surface area (Å²) >= 11 is 0. The van der Waals surface area contributed by atoms with Gasteiger partial charge >= 0.3 is 0 Å². The number of aliphatic imine (C=N–C) groups is 1. The Labute approximate surface area is 166 Å². The topological polar surface area (TPSA) is 46.1 Å². The third-order valence-electron chi connectivity index (χ3n) is 6.38. The number of rotatable bonds is 8. The highest BCUT2D eigenvalue weighted by Gasteiger charge is 2.23. The maximum absolute atomic E-state index is 6.15. The molecule has 5 nitrogen and oxygen atoms in total. The molecule has 27 heavy (non-hydrogen) atoms. The summed E-state index contributed by atoms with van der Waals surface area (Å²) in [6.45, 7) is 7.85. The van der Waals surface area contributed by atoms with E-state index in [4.69, 9.17) is 14.5 Å². The SMILES string of the molecule is CCNC(=NCCCC1CCCC1)N1CCC(OCC2CCCCO2)CC1. The van der Waals surface area contributed by atoms with Crippen molar-refractivity contribution in [2.45, 2.75) is 89.8 Å². The van der Waals surface area contributed by atoms with Gasteiger partial charge in [0.1, 0.15) is 0 Å². The molecule has 5 heteroatoms. The van der Waals surface area contributed by atoms with Crippen LogP contribution in [0.2, 0.25) is 0 Å². The van der Waals surface area contributed by atoms with Crippen molar-refractivity contribution < 1.29 is 9.47 Å². The standard InChI is InChI=1S/C22H41N3O2/c1-2-23-22(24-14-7-10-19-8-3-4-9-19)25-15-12-20(13-16-25)27-18-21-11-5-6-17-26-21/h19-21H,2-18H2,1H3,(H,23,24). The average Bonchev–Trinajstić information content (AvgIpc) is 3.24. The smallest absolute Gasteiger partial charge is 0.193 e. The second kappa shape index (κ2) is 11.9. The fraction of sp³-hybridized carbons (Fsp3) is 0.955. The largest absolute Gasteiger partial charge is 0.376 e. The number of hydrogen-bond donors (Lipinski definition) is 1. The molecule has 2 heterocycles. The molecule has 1 atom stereocenters. The molecule has 3 aliphatic rings. The summed E-state index contributed by atoms with van der Waals surface area (Å²) in [6.07, 6.45) is 15.0. The number of piperidine rings is 1. The van der Waals surface area contributed by atoms with E-state index in [1.807, 2.05) is 0 Å². The molecule has 0 aromatic heterocycles. The van der Waals surface area contributed by atoms with E-state index in [9.17, 15) is 0 Å². The monoisotopic (exact) mass is 379 g/mol. The highest BCUT2D eigenvalue weighted by atomic mass is 16.5. The molecular formula is C22H41N3O2. The van der Waals surface area contributed by atoms with Crippen molar-refractivity contribution in [1.29, 1.82) is 0 Å². The average molecular weight is 380 g/mol. The van der Waals surface area contributed by atoms with Crippen LogP contribution in [0.1, 0.15) is 77.6 Å². The van der Waals surface area contributed by atoms with Crippen LogP contribution in [-0.4, -0.2) is 62.5 Å². The van der Waals surface area contributed by atoms with Crippen molar-refractivity contribution in [2.24, 2.45) is 10.9 Å². The van der Waals surface area contributed by atoms with Gasteiger partial charge in [-0.25, -0.2) is 0 Å². The van der Waals surface area contributed by atoms with Crippen LogP contribution >= 0.6 is 0 Å². The van der Waals surface area contributed by atoms with Crippen LogP contribution in [0.15, 0.2) is 4.99 Å². The van der Waals surface area contributed by atoms with Crippen molar-refractivity contribution in [3.05, 3.63) is 0 Å². The number of nitrogens with zero attached hydrogens (tertiary/aromatic N) is 2. The molecule has 2 aliphatic heterocycles. The molecule has 1 aliphatic carbocycles. The van der Waals surface area contributed by atoms with Crippen LogP contribution in [0.5, 0.6) is 0 Å². The van der Waals surface area contributed by atoms with Gasteiger partial charge in [0.05, 0.1) is 18.8 Å². The lowest BCUT2D eigenvalue weighted by atomic mass is 10.0. The number of hydrogen-bond acceptors (Lipinski definition) is 3. The molecule has 0 spiro atoms. The minimum atomic E-state index is 0.329. The summed E-state index contributed by atoms with van der Waals surface area (Å²) in [4.78, 5) is 7.34. The van der Waals surface area contributed by atoms with Crippen LogP contribution in [0.4, 0.5) is 0 Å². The lowest BCUT2D eigenvalue weighted by molar-refractivity contribution is -0.0721. The van der Waals surface area contributed by atoms with E-state index in [-0.39, 0.29) is 0 Å². The Hall–Kier alpha value is -0.810. The van der Waals surface area contributed by atoms with Crippen LogP contribution < -0.4 is 5.32 Å². The molecule has 1 saturated carbocycles. The van der Waals surface area contributed by atoms with Crippen molar-refractivity contribution in [2.75, 3.05) is 39.4 Å². The predicted molar refractivity (Wildman–Crippen MR) is 111 cm³/mol. The van der Waals surface area contributed by atoms with E-state index in [1.165, 1.54) is 51.4 Å². The Morgan fingerprint density at radius 3 is 2.56 bits per heavy atom. The highest BCUT2D eigenvalue weighted by molar-refractivity contribution is 5.80. The van der Waals surface area contributed by atoms with Gasteiger partial charge in [-0.15, -0.1) is 0 Å². The Kier molecular flexibility index (Phi) is 9.22. The van der Waals surface area contributed by atoms with Gasteiger partial charge in [-0.1, -0.05) is 25.7 Å². The van der Waals surface area contributed by atoms with Gasteiger partial charge in [0, 0.05) is 32.8 Å². The highest BCUT2D eigenvalue weighted by Crippen LogP contribution is 2.28. The second-order valence-corrected chi connectivity index (χ2v) is 8.54. The normalized spacial score (nSPS) is 25.9. The van der Waals surface area contributed by atoms with Crippen LogP contribution in [0.25, 0.3) is 0 Å². The molecule has 1 N–H and O–H groups in total. The fourth-order valence-corrected chi connectivity index (χ4v) is 4.71. The third kappa shape index (κ3) is 7.26. The van der Waals surface area contributed by atoms with Crippen molar-refractivity contribution >= 4 is 5.96 Å². The van der Waals surface area contributed by atoms with E-state index in [0.29, 0.717) is 12.2 Å². The zero-order chi connectivity index (χ0) is 18.7. The van der Waals surface area contributed by atoms with Gasteiger partial charge in [0.25, 0.3) is 0 Å². The van der Waals surface area contributed by atoms with Gasteiger partial charge in [-0.2, -0.15) is 0 Å². The molecule has 0 aromatic carbocycles. The summed E-state index contributed by atoms with van der Waals surface area (Å²) < 4.78 is 11.9. The first-order valence-electron chi connectivity index (χ1n) is 11.6. The van der Waals surface area contributed by atoms with Crippen molar-refractivity contribution in [3.63, 3.8) is 0 Å². The van der Waals surface area contributed by atoms with Gasteiger partial charge in [0.2, 0.25) is 0 Å². The summed E-state index contributed by atoms with van der Waals surface area (Å²) in [6, 6.07) is 0. The Bertz CT molecular complexity index is 423. The Morgan fingerprint density at radius 1 is 1.07 bits per heavy atom. The molecule has 0 radical (unpaired) electrons. The molecule has 3 fully saturated rings.